The molecule has 0 atom stereocenters. The van der Waals surface area contributed by atoms with Crippen LogP contribution in [0.1, 0.15) is 84.9 Å². The van der Waals surface area contributed by atoms with Gasteiger partial charge in [0.15, 0.2) is 0 Å². The first-order valence-electron chi connectivity index (χ1n) is 11.2. The number of phenolic OH excluding ortho intramolecular Hbond substituents is 1. The number of benzene rings is 1. The highest BCUT2D eigenvalue weighted by molar-refractivity contribution is 7.53. The van der Waals surface area contributed by atoms with Crippen LogP contribution in [0, 0.1) is 0 Å². The summed E-state index contributed by atoms with van der Waals surface area (Å²) in [6.45, 7) is 16.2. The minimum atomic E-state index is -4.36. The lowest BCUT2D eigenvalue weighted by Gasteiger charge is -2.33. The SMILES string of the molecule is CCC(CC)(NCc1cccnc1-c1cc(C(C)(C)C)c(O)c(C(C)(C)C)c1)P(=O)(O)O. The van der Waals surface area contributed by atoms with Crippen molar-refractivity contribution in [1.82, 2.24) is 10.3 Å². The van der Waals surface area contributed by atoms with Gasteiger partial charge in [-0.25, -0.2) is 0 Å². The maximum atomic E-state index is 12.2. The molecule has 0 aliphatic carbocycles. The zero-order valence-corrected chi connectivity index (χ0v) is 21.5. The van der Waals surface area contributed by atoms with Crippen molar-refractivity contribution in [1.29, 1.82) is 0 Å². The molecule has 32 heavy (non-hydrogen) atoms. The second kappa shape index (κ2) is 9.26. The first-order valence-corrected chi connectivity index (χ1v) is 12.8. The molecule has 0 saturated heterocycles. The molecule has 2 aromatic rings. The number of aromatic hydroxyl groups is 1. The van der Waals surface area contributed by atoms with Gasteiger partial charge < -0.3 is 14.9 Å². The van der Waals surface area contributed by atoms with Crippen molar-refractivity contribution in [2.75, 3.05) is 0 Å². The maximum Gasteiger partial charge on any atom is 0.345 e. The standard InChI is InChI=1S/C25H39N2O4P/c1-9-25(10-2,32(29,30)31)27-16-17-12-11-13-26-21(17)18-14-19(23(3,4)5)22(28)20(15-18)24(6,7)8/h11-15,27-28H,9-10,16H2,1-8H3,(H2,29,30,31). The van der Waals surface area contributed by atoms with Crippen molar-refractivity contribution in [3.63, 3.8) is 0 Å². The zero-order valence-electron chi connectivity index (χ0n) is 20.7. The normalized spacial score (nSPS) is 13.4. The molecule has 0 amide bonds. The van der Waals surface area contributed by atoms with Crippen LogP contribution in [0.4, 0.5) is 0 Å². The van der Waals surface area contributed by atoms with Crippen LogP contribution in [0.2, 0.25) is 0 Å². The third-order valence-corrected chi connectivity index (χ3v) is 8.13. The molecule has 0 bridgehead atoms. The fourth-order valence-electron chi connectivity index (χ4n) is 4.03. The Morgan fingerprint density at radius 2 is 1.47 bits per heavy atom. The molecule has 0 unspecified atom stereocenters. The summed E-state index contributed by atoms with van der Waals surface area (Å²) in [6.07, 6.45) is 2.34. The summed E-state index contributed by atoms with van der Waals surface area (Å²) in [7, 11) is -4.36. The minimum Gasteiger partial charge on any atom is -0.507 e. The smallest absolute Gasteiger partial charge is 0.345 e. The average Bonchev–Trinajstić information content (AvgIpc) is 2.67. The maximum absolute atomic E-state index is 12.2. The molecule has 1 heterocycles. The Labute approximate surface area is 192 Å². The van der Waals surface area contributed by atoms with E-state index < -0.39 is 12.9 Å². The van der Waals surface area contributed by atoms with E-state index in [1.54, 1.807) is 20.0 Å². The Balaban J connectivity index is 2.63. The van der Waals surface area contributed by atoms with E-state index >= 15 is 0 Å². The van der Waals surface area contributed by atoms with E-state index in [0.29, 0.717) is 18.6 Å². The second-order valence-corrected chi connectivity index (χ2v) is 12.5. The monoisotopic (exact) mass is 462 g/mol. The summed E-state index contributed by atoms with van der Waals surface area (Å²) in [4.78, 5) is 24.6. The Bertz CT molecular complexity index is 961. The van der Waals surface area contributed by atoms with Gasteiger partial charge >= 0.3 is 7.60 Å². The fraction of sp³-hybridized carbons (Fsp3) is 0.560. The van der Waals surface area contributed by atoms with E-state index in [4.69, 9.17) is 0 Å². The molecule has 0 saturated carbocycles. The van der Waals surface area contributed by atoms with Crippen molar-refractivity contribution < 1.29 is 19.5 Å². The van der Waals surface area contributed by atoms with E-state index in [1.165, 1.54) is 0 Å². The Hall–Kier alpha value is -1.72. The number of nitrogens with one attached hydrogen (secondary N) is 1. The summed E-state index contributed by atoms with van der Waals surface area (Å²) < 4.78 is 12.2. The van der Waals surface area contributed by atoms with Gasteiger partial charge in [-0.15, -0.1) is 0 Å². The van der Waals surface area contributed by atoms with Crippen molar-refractivity contribution in [2.45, 2.75) is 90.9 Å². The third-order valence-electron chi connectivity index (χ3n) is 6.23. The highest BCUT2D eigenvalue weighted by atomic mass is 31.2. The number of nitrogens with zero attached hydrogens (tertiary/aromatic N) is 1. The van der Waals surface area contributed by atoms with Gasteiger partial charge in [-0.3, -0.25) is 14.9 Å². The Morgan fingerprint density at radius 3 is 1.88 bits per heavy atom. The van der Waals surface area contributed by atoms with Crippen LogP contribution in [-0.4, -0.2) is 25.2 Å². The highest BCUT2D eigenvalue weighted by Gasteiger charge is 2.43. The van der Waals surface area contributed by atoms with Gasteiger partial charge in [0.1, 0.15) is 11.0 Å². The summed E-state index contributed by atoms with van der Waals surface area (Å²) in [6, 6.07) is 7.71. The number of aromatic nitrogens is 1. The number of hydrogen-bond acceptors (Lipinski definition) is 4. The number of pyridine rings is 1. The van der Waals surface area contributed by atoms with Crippen molar-refractivity contribution in [3.05, 3.63) is 47.2 Å². The largest absolute Gasteiger partial charge is 0.507 e. The summed E-state index contributed by atoms with van der Waals surface area (Å²) in [5.41, 5.74) is 3.61. The average molecular weight is 463 g/mol. The molecule has 0 radical (unpaired) electrons. The molecule has 0 aliphatic heterocycles. The minimum absolute atomic E-state index is 0.270. The van der Waals surface area contributed by atoms with Crippen LogP contribution in [-0.2, 0) is 21.9 Å². The van der Waals surface area contributed by atoms with Crippen molar-refractivity contribution >= 4 is 7.60 Å². The highest BCUT2D eigenvalue weighted by Crippen LogP contribution is 2.52. The molecule has 1 aromatic carbocycles. The lowest BCUT2D eigenvalue weighted by atomic mass is 9.78. The van der Waals surface area contributed by atoms with Crippen LogP contribution in [0.5, 0.6) is 5.75 Å². The second-order valence-electron chi connectivity index (χ2n) is 10.6. The van der Waals surface area contributed by atoms with Crippen molar-refractivity contribution in [3.8, 4) is 17.0 Å². The number of rotatable bonds is 7. The van der Waals surface area contributed by atoms with Gasteiger partial charge in [0.05, 0.1) is 5.69 Å². The molecule has 1 aromatic heterocycles. The molecule has 4 N–H and O–H groups in total. The van der Waals surface area contributed by atoms with Gasteiger partial charge in [-0.1, -0.05) is 61.5 Å². The van der Waals surface area contributed by atoms with Crippen LogP contribution in [0.3, 0.4) is 0 Å². The van der Waals surface area contributed by atoms with Gasteiger partial charge in [0, 0.05) is 29.4 Å². The summed E-state index contributed by atoms with van der Waals surface area (Å²) >= 11 is 0. The third kappa shape index (κ3) is 5.43. The molecular weight excluding hydrogens is 423 g/mol. The number of phenols is 1. The number of hydrogen-bond donors (Lipinski definition) is 4. The summed E-state index contributed by atoms with van der Waals surface area (Å²) in [5, 5.41) is 12.9. The van der Waals surface area contributed by atoms with E-state index in [0.717, 1.165) is 27.9 Å². The van der Waals surface area contributed by atoms with E-state index in [-0.39, 0.29) is 17.4 Å². The van der Waals surface area contributed by atoms with Gasteiger partial charge in [0.2, 0.25) is 0 Å². The molecule has 0 spiro atoms. The van der Waals surface area contributed by atoms with E-state index in [2.05, 4.69) is 51.8 Å². The lowest BCUT2D eigenvalue weighted by Crippen LogP contribution is -2.43. The van der Waals surface area contributed by atoms with Crippen LogP contribution in [0.15, 0.2) is 30.5 Å². The topological polar surface area (TPSA) is 103 Å². The van der Waals surface area contributed by atoms with Gasteiger partial charge in [-0.05, 0) is 47.4 Å². The fourth-order valence-corrected chi connectivity index (χ4v) is 5.14. The van der Waals surface area contributed by atoms with Crippen LogP contribution in [0.25, 0.3) is 11.3 Å². The van der Waals surface area contributed by atoms with E-state index in [1.807, 2.05) is 24.3 Å². The molecule has 178 valence electrons. The first-order chi connectivity index (χ1) is 14.6. The first kappa shape index (κ1) is 26.5. The molecule has 6 nitrogen and oxygen atoms in total. The van der Waals surface area contributed by atoms with Gasteiger partial charge in [-0.2, -0.15) is 0 Å². The molecule has 0 aliphatic rings. The van der Waals surface area contributed by atoms with E-state index in [9.17, 15) is 19.5 Å². The Kier molecular flexibility index (Phi) is 7.68. The molecule has 0 fully saturated rings. The zero-order chi connectivity index (χ0) is 24.5. The van der Waals surface area contributed by atoms with Gasteiger partial charge in [0.25, 0.3) is 0 Å². The predicted molar refractivity (Wildman–Crippen MR) is 131 cm³/mol. The summed E-state index contributed by atoms with van der Waals surface area (Å²) in [5.74, 6) is 0.307. The van der Waals surface area contributed by atoms with Crippen LogP contribution >= 0.6 is 7.60 Å². The predicted octanol–water partition coefficient (Wildman–Crippen LogP) is 5.83. The quantitative estimate of drug-likeness (QED) is 0.386. The lowest BCUT2D eigenvalue weighted by molar-refractivity contribution is 0.283. The molecular formula is C25H39N2O4P. The molecule has 7 heteroatoms. The van der Waals surface area contributed by atoms with Crippen LogP contribution < -0.4 is 5.32 Å². The Morgan fingerprint density at radius 1 is 0.969 bits per heavy atom. The van der Waals surface area contributed by atoms with Crippen molar-refractivity contribution in [2.24, 2.45) is 0 Å². The molecule has 2 rings (SSSR count).